The molecule has 374 valence electrons. The van der Waals surface area contributed by atoms with Crippen molar-refractivity contribution >= 4 is 69.2 Å². The summed E-state index contributed by atoms with van der Waals surface area (Å²) in [5, 5.41) is 8.12. The maximum atomic E-state index is 14.5. The van der Waals surface area contributed by atoms with Gasteiger partial charge in [0.2, 0.25) is 0 Å². The van der Waals surface area contributed by atoms with Crippen LogP contribution in [-0.2, 0) is 32.2 Å². The van der Waals surface area contributed by atoms with Crippen LogP contribution in [0.4, 0.5) is 21.0 Å². The van der Waals surface area contributed by atoms with Gasteiger partial charge in [-0.3, -0.25) is 9.59 Å². The molecule has 0 radical (unpaired) electrons. The Balaban J connectivity index is 0.977. The number of carbonyl (C=O) groups is 4. The van der Waals surface area contributed by atoms with Gasteiger partial charge in [-0.2, -0.15) is 22.7 Å². The van der Waals surface area contributed by atoms with Crippen molar-refractivity contribution in [2.75, 3.05) is 64.5 Å². The lowest BCUT2D eigenvalue weighted by atomic mass is 9.94. The number of hydrogen-bond acceptors (Lipinski definition) is 14. The van der Waals surface area contributed by atoms with Gasteiger partial charge in [0.05, 0.1) is 48.8 Å². The van der Waals surface area contributed by atoms with E-state index in [4.69, 9.17) is 37.9 Å². The molecule has 18 heteroatoms. The van der Waals surface area contributed by atoms with Gasteiger partial charge in [-0.15, -0.1) is 0 Å². The van der Waals surface area contributed by atoms with Gasteiger partial charge in [-0.25, -0.2) is 19.4 Å². The zero-order valence-corrected chi connectivity index (χ0v) is 41.9. The molecule has 0 aliphatic carbocycles. The highest BCUT2D eigenvalue weighted by atomic mass is 32.1. The number of amides is 4. The van der Waals surface area contributed by atoms with Gasteiger partial charge < -0.3 is 47.7 Å². The van der Waals surface area contributed by atoms with E-state index in [1.54, 1.807) is 56.7 Å². The molecule has 9 rings (SSSR count). The zero-order chi connectivity index (χ0) is 50.5. The van der Waals surface area contributed by atoms with Crippen molar-refractivity contribution < 1.29 is 57.1 Å². The first-order valence-electron chi connectivity index (χ1n) is 23.1. The number of fused-ring (bicyclic) bond motifs is 4. The number of benzene rings is 3. The molecule has 3 aromatic carbocycles. The van der Waals surface area contributed by atoms with Gasteiger partial charge in [-0.1, -0.05) is 55.7 Å². The third-order valence-corrected chi connectivity index (χ3v) is 14.4. The van der Waals surface area contributed by atoms with E-state index in [9.17, 15) is 19.2 Å². The Bertz CT molecular complexity index is 2730. The minimum absolute atomic E-state index is 0.0549. The van der Waals surface area contributed by atoms with Crippen LogP contribution in [0.1, 0.15) is 55.8 Å². The van der Waals surface area contributed by atoms with Crippen LogP contribution in [-0.4, -0.2) is 113 Å². The summed E-state index contributed by atoms with van der Waals surface area (Å²) >= 11 is 3.17. The van der Waals surface area contributed by atoms with E-state index in [2.05, 4.69) is 23.9 Å². The number of methoxy groups -OCH3 is 4. The largest absolute Gasteiger partial charge is 0.493 e. The first-order chi connectivity index (χ1) is 35.1. The molecule has 0 saturated heterocycles. The average molecular weight is 1020 g/mol. The summed E-state index contributed by atoms with van der Waals surface area (Å²) in [5.74, 6) is 0.487. The van der Waals surface area contributed by atoms with Crippen molar-refractivity contribution in [3.63, 3.8) is 0 Å². The third kappa shape index (κ3) is 9.69. The molecule has 6 heterocycles. The molecule has 0 spiro atoms. The van der Waals surface area contributed by atoms with Crippen LogP contribution in [0.5, 0.6) is 23.0 Å². The second kappa shape index (κ2) is 21.9. The fraction of sp³-hybridized carbons (Fsp3) is 0.296. The van der Waals surface area contributed by atoms with Gasteiger partial charge in [0, 0.05) is 39.4 Å². The zero-order valence-electron chi connectivity index (χ0n) is 40.3. The standard InChI is InChI=1S/C54H54N4O12S2/c1-7-18-67-53(61)57-41-27-47(45(63-3)25-39(41)49(59)55-16-12-35(37-14-20-71-31-37)23-43(55)51(57)65-5)69-29-33-10-9-11-34(22-33)30-70-48-28-42-40(26-46(48)64-4)50(60)56-17-13-36(38-15-21-72-32-38)24-44(56)52(66-6)58(42)54(62)68-19-8-2/h7-15,20-22,25-28,31-32,43-44,51-52H,1-2,16-19,23-24,29-30H2,3-6H3/t43-,44-,51-,52-/m0/s1. The van der Waals surface area contributed by atoms with Crippen LogP contribution in [0.15, 0.2) is 120 Å². The van der Waals surface area contributed by atoms with Crippen LogP contribution in [0, 0.1) is 0 Å². The summed E-state index contributed by atoms with van der Waals surface area (Å²) in [4.78, 5) is 63.2. The Morgan fingerprint density at radius 3 is 1.44 bits per heavy atom. The maximum Gasteiger partial charge on any atom is 0.416 e. The number of anilines is 2. The second-order valence-corrected chi connectivity index (χ2v) is 18.7. The van der Waals surface area contributed by atoms with Gasteiger partial charge in [0.1, 0.15) is 26.4 Å². The lowest BCUT2D eigenvalue weighted by Gasteiger charge is -2.40. The molecule has 0 unspecified atom stereocenters. The first kappa shape index (κ1) is 49.6. The van der Waals surface area contributed by atoms with Crippen molar-refractivity contribution in [2.45, 2.75) is 50.6 Å². The molecule has 0 N–H and O–H groups in total. The Labute approximate surface area is 425 Å². The number of hydrogen-bond donors (Lipinski definition) is 0. The molecular formula is C54H54N4O12S2. The summed E-state index contributed by atoms with van der Waals surface area (Å²) < 4.78 is 47.9. The predicted octanol–water partition coefficient (Wildman–Crippen LogP) is 9.81. The predicted molar refractivity (Wildman–Crippen MR) is 274 cm³/mol. The summed E-state index contributed by atoms with van der Waals surface area (Å²) in [6.07, 6.45) is 4.59. The van der Waals surface area contributed by atoms with Crippen molar-refractivity contribution in [2.24, 2.45) is 0 Å². The number of nitrogens with zero attached hydrogens (tertiary/aromatic N) is 4. The topological polar surface area (TPSA) is 155 Å². The molecule has 4 atom stereocenters. The molecular weight excluding hydrogens is 961 g/mol. The Morgan fingerprint density at radius 2 is 1.07 bits per heavy atom. The van der Waals surface area contributed by atoms with Gasteiger partial charge in [0.25, 0.3) is 11.8 Å². The quantitative estimate of drug-likeness (QED) is 0.0865. The fourth-order valence-corrected chi connectivity index (χ4v) is 11.0. The molecule has 5 aromatic rings. The summed E-state index contributed by atoms with van der Waals surface area (Å²) in [7, 11) is 5.98. The highest BCUT2D eigenvalue weighted by molar-refractivity contribution is 7.08. The lowest BCUT2D eigenvalue weighted by molar-refractivity contribution is 0.0175. The van der Waals surface area contributed by atoms with E-state index >= 15 is 0 Å². The Morgan fingerprint density at radius 1 is 0.625 bits per heavy atom. The van der Waals surface area contributed by atoms with E-state index in [-0.39, 0.29) is 83.7 Å². The van der Waals surface area contributed by atoms with E-state index < -0.39 is 36.7 Å². The molecule has 0 saturated carbocycles. The molecule has 4 aliphatic heterocycles. The SMILES string of the molecule is C=CCOC(=O)N1c2cc(OCc3cccc(COc4cc5c(cc4OC)C(=O)N4CC=C(c6ccsc6)C[C@H]4[C@H](OC)N5C(=O)OCC=C)c3)c(OC)cc2C(=O)N2CC=C(c3ccsc3)C[C@H]2[C@@H]1OC. The monoisotopic (exact) mass is 1010 g/mol. The Kier molecular flexibility index (Phi) is 15.1. The number of carbonyl (C=O) groups excluding carboxylic acids is 4. The molecule has 4 aliphatic rings. The molecule has 16 nitrogen and oxygen atoms in total. The normalized spacial score (nSPS) is 19.3. The highest BCUT2D eigenvalue weighted by Gasteiger charge is 2.47. The average Bonchev–Trinajstić information content (AvgIpc) is 4.14. The molecule has 4 amide bonds. The van der Waals surface area contributed by atoms with Crippen LogP contribution in [0.2, 0.25) is 0 Å². The fourth-order valence-electron chi connectivity index (χ4n) is 9.64. The van der Waals surface area contributed by atoms with Crippen LogP contribution >= 0.6 is 22.7 Å². The molecule has 72 heavy (non-hydrogen) atoms. The van der Waals surface area contributed by atoms with E-state index in [1.165, 1.54) is 50.4 Å². The van der Waals surface area contributed by atoms with Gasteiger partial charge in [-0.05, 0) is 98.1 Å². The van der Waals surface area contributed by atoms with Crippen molar-refractivity contribution in [1.82, 2.24) is 9.80 Å². The van der Waals surface area contributed by atoms with Gasteiger partial charge >= 0.3 is 12.2 Å². The lowest BCUT2D eigenvalue weighted by Crippen LogP contribution is -2.55. The minimum Gasteiger partial charge on any atom is -0.493 e. The second-order valence-electron chi connectivity index (χ2n) is 17.1. The Hall–Kier alpha value is -7.38. The van der Waals surface area contributed by atoms with Crippen molar-refractivity contribution in [3.8, 4) is 23.0 Å². The number of ether oxygens (including phenoxy) is 8. The highest BCUT2D eigenvalue weighted by Crippen LogP contribution is 2.45. The van der Waals surface area contributed by atoms with Gasteiger partial charge in [0.15, 0.2) is 35.5 Å². The minimum atomic E-state index is -0.925. The smallest absolute Gasteiger partial charge is 0.416 e. The third-order valence-electron chi connectivity index (χ3n) is 13.1. The summed E-state index contributed by atoms with van der Waals surface area (Å²) in [5.41, 5.74) is 6.63. The summed E-state index contributed by atoms with van der Waals surface area (Å²) in [6.45, 7) is 8.00. The van der Waals surface area contributed by atoms with E-state index in [1.807, 2.05) is 59.3 Å². The van der Waals surface area contributed by atoms with Crippen molar-refractivity contribution in [1.29, 1.82) is 0 Å². The molecule has 2 aromatic heterocycles. The van der Waals surface area contributed by atoms with E-state index in [0.29, 0.717) is 25.9 Å². The summed E-state index contributed by atoms with van der Waals surface area (Å²) in [6, 6.07) is 16.9. The molecule has 0 bridgehead atoms. The number of rotatable bonds is 16. The molecule has 0 fully saturated rings. The maximum absolute atomic E-state index is 14.5. The van der Waals surface area contributed by atoms with Crippen molar-refractivity contribution in [3.05, 3.63) is 153 Å². The van der Waals surface area contributed by atoms with Crippen LogP contribution in [0.3, 0.4) is 0 Å². The first-order valence-corrected chi connectivity index (χ1v) is 25.0. The van der Waals surface area contributed by atoms with E-state index in [0.717, 1.165) is 33.4 Å². The van der Waals surface area contributed by atoms with Crippen LogP contribution in [0.25, 0.3) is 11.1 Å². The number of thiophene rings is 2. The van der Waals surface area contributed by atoms with Crippen LogP contribution < -0.4 is 28.7 Å².